The van der Waals surface area contributed by atoms with Gasteiger partial charge in [-0.2, -0.15) is 5.16 Å². The van der Waals surface area contributed by atoms with Gasteiger partial charge in [-0.3, -0.25) is 14.4 Å². The molecule has 1 atom stereocenters. The lowest BCUT2D eigenvalue weighted by molar-refractivity contribution is -0.136. The van der Waals surface area contributed by atoms with E-state index in [1.165, 1.54) is 6.07 Å². The van der Waals surface area contributed by atoms with Crippen molar-refractivity contribution in [1.82, 2.24) is 10.1 Å². The number of hydrogen-bond acceptors (Lipinski definition) is 4. The summed E-state index contributed by atoms with van der Waals surface area (Å²) in [5.41, 5.74) is 1.00. The van der Waals surface area contributed by atoms with E-state index in [1.54, 1.807) is 16.8 Å². The van der Waals surface area contributed by atoms with E-state index >= 15 is 0 Å². The molecule has 0 bridgehead atoms. The van der Waals surface area contributed by atoms with Gasteiger partial charge in [0.2, 0.25) is 11.8 Å². The molecule has 0 aliphatic carbocycles. The predicted octanol–water partition coefficient (Wildman–Crippen LogP) is 1.44. The smallest absolute Gasteiger partial charge is 0.280 e. The summed E-state index contributed by atoms with van der Waals surface area (Å²) in [7, 11) is 1.80. The van der Waals surface area contributed by atoms with E-state index in [4.69, 9.17) is 4.52 Å². The van der Waals surface area contributed by atoms with Crippen molar-refractivity contribution < 1.29 is 14.1 Å². The molecule has 1 spiro atoms. The van der Waals surface area contributed by atoms with Crippen LogP contribution in [0, 0.1) is 0 Å². The van der Waals surface area contributed by atoms with Gasteiger partial charge >= 0.3 is 0 Å². The minimum Gasteiger partial charge on any atom is -0.384 e. The molecule has 4 rings (SSSR count). The Hall–Kier alpha value is -2.83. The summed E-state index contributed by atoms with van der Waals surface area (Å²) in [4.78, 5) is 40.3. The maximum absolute atomic E-state index is 13.0. The van der Waals surface area contributed by atoms with E-state index in [0.29, 0.717) is 25.3 Å². The fourth-order valence-electron chi connectivity index (χ4n) is 4.21. The van der Waals surface area contributed by atoms with Crippen LogP contribution in [-0.4, -0.2) is 42.0 Å². The van der Waals surface area contributed by atoms with Crippen molar-refractivity contribution in [1.29, 1.82) is 0 Å². The van der Waals surface area contributed by atoms with Gasteiger partial charge in [-0.1, -0.05) is 18.2 Å². The number of amides is 2. The number of nitrogens with one attached hydrogen (secondary N) is 1. The number of piperidine rings is 1. The summed E-state index contributed by atoms with van der Waals surface area (Å²) < 4.78 is 5.00. The SMILES string of the molecule is CN1C(=O)[C@@]2(CCCN(C(=O)CCc3cc(=O)[nH]o3)C2)c2ccccc21. The topological polar surface area (TPSA) is 86.6 Å². The van der Waals surface area contributed by atoms with Crippen LogP contribution in [0.4, 0.5) is 5.69 Å². The molecule has 0 radical (unpaired) electrons. The summed E-state index contributed by atoms with van der Waals surface area (Å²) in [5, 5.41) is 2.23. The molecule has 1 saturated heterocycles. The van der Waals surface area contributed by atoms with Crippen LogP contribution >= 0.6 is 0 Å². The van der Waals surface area contributed by atoms with Crippen LogP contribution in [0.5, 0.6) is 0 Å². The number of para-hydroxylation sites is 1. The minimum absolute atomic E-state index is 0.0206. The highest BCUT2D eigenvalue weighted by Crippen LogP contribution is 2.46. The van der Waals surface area contributed by atoms with Gasteiger partial charge in [0.15, 0.2) is 0 Å². The van der Waals surface area contributed by atoms with Gasteiger partial charge in [0.05, 0.1) is 5.41 Å². The molecule has 2 amide bonds. The van der Waals surface area contributed by atoms with Crippen LogP contribution in [0.3, 0.4) is 0 Å². The summed E-state index contributed by atoms with van der Waals surface area (Å²) in [6.07, 6.45) is 2.16. The molecular weight excluding hydrogens is 334 g/mol. The Kier molecular flexibility index (Phi) is 3.94. The number of aromatic amines is 1. The fourth-order valence-corrected chi connectivity index (χ4v) is 4.21. The van der Waals surface area contributed by atoms with E-state index in [-0.39, 0.29) is 23.8 Å². The second-order valence-electron chi connectivity index (χ2n) is 7.06. The Morgan fingerprint density at radius 1 is 1.31 bits per heavy atom. The quantitative estimate of drug-likeness (QED) is 0.903. The lowest BCUT2D eigenvalue weighted by atomic mass is 9.75. The molecule has 26 heavy (non-hydrogen) atoms. The molecule has 0 saturated carbocycles. The zero-order valence-electron chi connectivity index (χ0n) is 14.7. The van der Waals surface area contributed by atoms with Crippen LogP contribution < -0.4 is 10.5 Å². The van der Waals surface area contributed by atoms with Crippen molar-refractivity contribution in [2.24, 2.45) is 0 Å². The Morgan fingerprint density at radius 3 is 2.88 bits per heavy atom. The van der Waals surface area contributed by atoms with Crippen LogP contribution in [-0.2, 0) is 21.4 Å². The van der Waals surface area contributed by atoms with Crippen LogP contribution in [0.2, 0.25) is 0 Å². The number of aromatic nitrogens is 1. The standard InChI is InChI=1S/C19H21N3O4/c1-21-15-6-3-2-5-14(15)19(18(21)25)9-4-10-22(12-19)17(24)8-7-13-11-16(23)20-26-13/h2-3,5-6,11H,4,7-10,12H2,1H3,(H,20,23)/t19-/m1/s1. The number of aryl methyl sites for hydroxylation is 1. The monoisotopic (exact) mass is 355 g/mol. The van der Waals surface area contributed by atoms with Gasteiger partial charge in [-0.25, -0.2) is 0 Å². The van der Waals surface area contributed by atoms with Gasteiger partial charge in [-0.05, 0) is 24.5 Å². The first kappa shape index (κ1) is 16.6. The number of carbonyl (C=O) groups excluding carboxylic acids is 2. The number of anilines is 1. The van der Waals surface area contributed by atoms with E-state index in [1.807, 2.05) is 24.3 Å². The van der Waals surface area contributed by atoms with Crippen LogP contribution in [0.15, 0.2) is 39.6 Å². The Morgan fingerprint density at radius 2 is 2.12 bits per heavy atom. The zero-order valence-corrected chi connectivity index (χ0v) is 14.7. The number of fused-ring (bicyclic) bond motifs is 2. The molecule has 3 heterocycles. The number of likely N-dealkylation sites (tertiary alicyclic amines) is 1. The summed E-state index contributed by atoms with van der Waals surface area (Å²) in [6.45, 7) is 1.06. The summed E-state index contributed by atoms with van der Waals surface area (Å²) >= 11 is 0. The summed E-state index contributed by atoms with van der Waals surface area (Å²) in [5.74, 6) is 0.512. The third kappa shape index (κ3) is 2.55. The van der Waals surface area contributed by atoms with Gasteiger partial charge in [0.1, 0.15) is 5.76 Å². The normalized spacial score (nSPS) is 22.1. The first-order chi connectivity index (χ1) is 12.5. The molecule has 2 aliphatic heterocycles. The maximum Gasteiger partial charge on any atom is 0.280 e. The largest absolute Gasteiger partial charge is 0.384 e. The molecule has 1 N–H and O–H groups in total. The van der Waals surface area contributed by atoms with E-state index in [0.717, 1.165) is 24.1 Å². The molecule has 2 aliphatic rings. The van der Waals surface area contributed by atoms with Crippen molar-refractivity contribution >= 4 is 17.5 Å². The predicted molar refractivity (Wildman–Crippen MR) is 95.0 cm³/mol. The average Bonchev–Trinajstić information content (AvgIpc) is 3.17. The molecule has 1 fully saturated rings. The Labute approximate surface area is 150 Å². The van der Waals surface area contributed by atoms with E-state index < -0.39 is 5.41 Å². The summed E-state index contributed by atoms with van der Waals surface area (Å²) in [6, 6.07) is 9.19. The Bertz CT molecular complexity index is 915. The molecule has 2 aromatic rings. The van der Waals surface area contributed by atoms with Crippen molar-refractivity contribution in [3.63, 3.8) is 0 Å². The highest BCUT2D eigenvalue weighted by molar-refractivity contribution is 6.08. The third-order valence-electron chi connectivity index (χ3n) is 5.50. The highest BCUT2D eigenvalue weighted by atomic mass is 16.5. The molecule has 7 nitrogen and oxygen atoms in total. The number of H-pyrrole nitrogens is 1. The first-order valence-electron chi connectivity index (χ1n) is 8.84. The van der Waals surface area contributed by atoms with Crippen LogP contribution in [0.1, 0.15) is 30.6 Å². The second kappa shape index (κ2) is 6.16. The van der Waals surface area contributed by atoms with Crippen molar-refractivity contribution in [3.8, 4) is 0 Å². The lowest BCUT2D eigenvalue weighted by Gasteiger charge is -2.39. The number of rotatable bonds is 3. The average molecular weight is 355 g/mol. The fraction of sp³-hybridized carbons (Fsp3) is 0.421. The first-order valence-corrected chi connectivity index (χ1v) is 8.84. The molecular formula is C19H21N3O4. The van der Waals surface area contributed by atoms with Gasteiger partial charge in [0.25, 0.3) is 5.56 Å². The number of nitrogens with zero attached hydrogens (tertiary/aromatic N) is 2. The number of carbonyl (C=O) groups is 2. The molecule has 0 unspecified atom stereocenters. The molecule has 136 valence electrons. The lowest BCUT2D eigenvalue weighted by Crippen LogP contribution is -2.53. The Balaban J connectivity index is 1.53. The highest BCUT2D eigenvalue weighted by Gasteiger charge is 2.52. The van der Waals surface area contributed by atoms with Gasteiger partial charge < -0.3 is 14.3 Å². The molecule has 1 aromatic heterocycles. The zero-order chi connectivity index (χ0) is 18.3. The van der Waals surface area contributed by atoms with Gasteiger partial charge in [-0.15, -0.1) is 0 Å². The van der Waals surface area contributed by atoms with Crippen LogP contribution in [0.25, 0.3) is 0 Å². The number of benzene rings is 1. The van der Waals surface area contributed by atoms with Crippen molar-refractivity contribution in [2.75, 3.05) is 25.0 Å². The molecule has 7 heteroatoms. The van der Waals surface area contributed by atoms with E-state index in [9.17, 15) is 14.4 Å². The minimum atomic E-state index is -0.639. The molecule has 1 aromatic carbocycles. The van der Waals surface area contributed by atoms with E-state index in [2.05, 4.69) is 5.16 Å². The van der Waals surface area contributed by atoms with Gasteiger partial charge in [0, 0.05) is 44.7 Å². The second-order valence-corrected chi connectivity index (χ2v) is 7.06. The maximum atomic E-state index is 13.0. The number of hydrogen-bond donors (Lipinski definition) is 1. The number of likely N-dealkylation sites (N-methyl/N-ethyl adjacent to an activating group) is 1. The third-order valence-corrected chi connectivity index (χ3v) is 5.50. The van der Waals surface area contributed by atoms with Crippen molar-refractivity contribution in [3.05, 3.63) is 52.0 Å². The van der Waals surface area contributed by atoms with Crippen molar-refractivity contribution in [2.45, 2.75) is 31.1 Å².